The first-order valence-electron chi connectivity index (χ1n) is 6.89. The maximum atomic E-state index is 12.7. The number of anilines is 1. The van der Waals surface area contributed by atoms with E-state index in [1.165, 1.54) is 0 Å². The van der Waals surface area contributed by atoms with Gasteiger partial charge in [0.1, 0.15) is 5.82 Å². The van der Waals surface area contributed by atoms with Crippen molar-refractivity contribution in [1.29, 1.82) is 0 Å². The van der Waals surface area contributed by atoms with Crippen molar-refractivity contribution in [2.24, 2.45) is 10.8 Å². The Balaban J connectivity index is 1.91. The average Bonchev–Trinajstić information content (AvgIpc) is 2.72. The van der Waals surface area contributed by atoms with Gasteiger partial charge in [-0.05, 0) is 47.8 Å². The third-order valence-corrected chi connectivity index (χ3v) is 5.89. The highest BCUT2D eigenvalue weighted by molar-refractivity contribution is 9.10. The van der Waals surface area contributed by atoms with E-state index < -0.39 is 16.4 Å². The highest BCUT2D eigenvalue weighted by Gasteiger charge is 2.75. The van der Waals surface area contributed by atoms with Crippen LogP contribution in [0.15, 0.2) is 22.8 Å². The number of nitrogens with one attached hydrogen (secondary N) is 1. The van der Waals surface area contributed by atoms with Crippen molar-refractivity contribution in [3.05, 3.63) is 22.8 Å². The van der Waals surface area contributed by atoms with Gasteiger partial charge in [0.05, 0.1) is 5.41 Å². The predicted octanol–water partition coefficient (Wildman–Crippen LogP) is 2.90. The fourth-order valence-corrected chi connectivity index (χ4v) is 3.65. The van der Waals surface area contributed by atoms with Crippen LogP contribution in [-0.2, 0) is 14.3 Å². The molecule has 1 N–H and O–H groups in total. The van der Waals surface area contributed by atoms with Gasteiger partial charge in [0.25, 0.3) is 5.91 Å². The van der Waals surface area contributed by atoms with Crippen LogP contribution in [0.5, 0.6) is 0 Å². The number of pyridine rings is 1. The Morgan fingerprint density at radius 2 is 2.05 bits per heavy atom. The van der Waals surface area contributed by atoms with Crippen molar-refractivity contribution in [1.82, 2.24) is 4.98 Å². The van der Waals surface area contributed by atoms with Gasteiger partial charge < -0.3 is 10.1 Å². The standard InChI is InChI=1S/C15H17BrN2O3/c1-13(2)14(3)6-7-15(13,21-12(14)20)11(19)18-10-5-4-9(16)8-17-10/h4-5,8H,6-7H2,1-3H3,(H,17,18,19)/t14-,15-/m0/s1. The number of hydrogen-bond acceptors (Lipinski definition) is 4. The molecule has 1 amide bonds. The first-order chi connectivity index (χ1) is 9.73. The Morgan fingerprint density at radius 1 is 1.33 bits per heavy atom. The highest BCUT2D eigenvalue weighted by Crippen LogP contribution is 2.65. The molecule has 1 saturated heterocycles. The molecule has 0 spiro atoms. The van der Waals surface area contributed by atoms with E-state index in [1.54, 1.807) is 18.3 Å². The molecule has 2 atom stereocenters. The molecule has 2 bridgehead atoms. The van der Waals surface area contributed by atoms with Gasteiger partial charge in [0.15, 0.2) is 5.60 Å². The van der Waals surface area contributed by atoms with Gasteiger partial charge in [0, 0.05) is 16.1 Å². The maximum Gasteiger partial charge on any atom is 0.313 e. The second-order valence-electron chi connectivity index (χ2n) is 6.49. The summed E-state index contributed by atoms with van der Waals surface area (Å²) in [5.41, 5.74) is -2.25. The number of hydrogen-bond donors (Lipinski definition) is 1. The maximum absolute atomic E-state index is 12.7. The molecule has 1 aromatic rings. The van der Waals surface area contributed by atoms with E-state index >= 15 is 0 Å². The van der Waals surface area contributed by atoms with Crippen LogP contribution in [0, 0.1) is 10.8 Å². The number of rotatable bonds is 2. The number of carbonyl (C=O) groups excluding carboxylic acids is 2. The SMILES string of the molecule is CC1(C)[C@@]2(C)CC[C@@]1(C(=O)Nc1ccc(Br)cn1)OC2=O. The number of halogens is 1. The fourth-order valence-electron chi connectivity index (χ4n) is 3.41. The minimum atomic E-state index is -1.10. The van der Waals surface area contributed by atoms with Crippen LogP contribution in [0.4, 0.5) is 5.82 Å². The number of nitrogens with zero attached hydrogens (tertiary/aromatic N) is 1. The van der Waals surface area contributed by atoms with E-state index in [1.807, 2.05) is 20.8 Å². The summed E-state index contributed by atoms with van der Waals surface area (Å²) in [6.45, 7) is 5.74. The lowest BCUT2D eigenvalue weighted by molar-refractivity contribution is -0.165. The molecule has 1 saturated carbocycles. The number of fused-ring (bicyclic) bond motifs is 2. The molecule has 0 aromatic carbocycles. The predicted molar refractivity (Wildman–Crippen MR) is 80.5 cm³/mol. The van der Waals surface area contributed by atoms with Gasteiger partial charge in [-0.15, -0.1) is 0 Å². The van der Waals surface area contributed by atoms with Crippen molar-refractivity contribution in [3.8, 4) is 0 Å². The van der Waals surface area contributed by atoms with Crippen LogP contribution in [0.1, 0.15) is 33.6 Å². The Labute approximate surface area is 131 Å². The summed E-state index contributed by atoms with van der Waals surface area (Å²) in [5, 5.41) is 2.77. The Kier molecular flexibility index (Phi) is 2.96. The number of amides is 1. The molecule has 6 heteroatoms. The van der Waals surface area contributed by atoms with Gasteiger partial charge >= 0.3 is 5.97 Å². The summed E-state index contributed by atoms with van der Waals surface area (Å²) >= 11 is 3.30. The van der Waals surface area contributed by atoms with Gasteiger partial charge in [-0.3, -0.25) is 9.59 Å². The van der Waals surface area contributed by atoms with Crippen molar-refractivity contribution >= 4 is 33.6 Å². The normalized spacial score (nSPS) is 32.9. The topological polar surface area (TPSA) is 68.3 Å². The molecule has 1 aromatic heterocycles. The molecule has 112 valence electrons. The highest BCUT2D eigenvalue weighted by atomic mass is 79.9. The Bertz CT molecular complexity index is 628. The van der Waals surface area contributed by atoms with Crippen molar-refractivity contribution in [3.63, 3.8) is 0 Å². The smallest absolute Gasteiger partial charge is 0.313 e. The molecule has 0 unspecified atom stereocenters. The fraction of sp³-hybridized carbons (Fsp3) is 0.533. The number of aromatic nitrogens is 1. The zero-order valence-corrected chi connectivity index (χ0v) is 13.8. The molecule has 3 rings (SSSR count). The number of ether oxygens (including phenoxy) is 1. The Hall–Kier alpha value is -1.43. The summed E-state index contributed by atoms with van der Waals surface area (Å²) < 4.78 is 6.37. The zero-order chi connectivity index (χ0) is 15.5. The molecule has 1 aliphatic heterocycles. The van der Waals surface area contributed by atoms with E-state index in [2.05, 4.69) is 26.2 Å². The van der Waals surface area contributed by atoms with Crippen LogP contribution in [-0.4, -0.2) is 22.5 Å². The van der Waals surface area contributed by atoms with Crippen LogP contribution in [0.25, 0.3) is 0 Å². The summed E-state index contributed by atoms with van der Waals surface area (Å²) in [7, 11) is 0. The molecule has 2 aliphatic rings. The van der Waals surface area contributed by atoms with Crippen LogP contribution in [0.2, 0.25) is 0 Å². The minimum Gasteiger partial charge on any atom is -0.448 e. The van der Waals surface area contributed by atoms with Gasteiger partial charge in [-0.25, -0.2) is 4.98 Å². The largest absolute Gasteiger partial charge is 0.448 e. The molecular formula is C15H17BrN2O3. The second-order valence-corrected chi connectivity index (χ2v) is 7.41. The zero-order valence-electron chi connectivity index (χ0n) is 12.2. The van der Waals surface area contributed by atoms with E-state index in [0.717, 1.165) is 4.47 Å². The van der Waals surface area contributed by atoms with Crippen LogP contribution < -0.4 is 5.32 Å². The summed E-state index contributed by atoms with van der Waals surface area (Å²) in [6, 6.07) is 3.50. The van der Waals surface area contributed by atoms with E-state index in [4.69, 9.17) is 4.74 Å². The lowest BCUT2D eigenvalue weighted by atomic mass is 9.66. The third-order valence-electron chi connectivity index (χ3n) is 5.42. The lowest BCUT2D eigenvalue weighted by Gasteiger charge is -2.35. The Morgan fingerprint density at radius 3 is 2.52 bits per heavy atom. The van der Waals surface area contributed by atoms with Gasteiger partial charge in [-0.2, -0.15) is 0 Å². The molecule has 5 nitrogen and oxygen atoms in total. The first kappa shape index (κ1) is 14.5. The minimum absolute atomic E-state index is 0.280. The molecular weight excluding hydrogens is 336 g/mol. The first-order valence-corrected chi connectivity index (χ1v) is 7.69. The van der Waals surface area contributed by atoms with Gasteiger partial charge in [0.2, 0.25) is 0 Å². The van der Waals surface area contributed by atoms with E-state index in [-0.39, 0.29) is 11.9 Å². The second kappa shape index (κ2) is 4.29. The monoisotopic (exact) mass is 352 g/mol. The lowest BCUT2D eigenvalue weighted by Crippen LogP contribution is -2.50. The molecule has 2 fully saturated rings. The molecule has 2 heterocycles. The molecule has 1 aliphatic carbocycles. The van der Waals surface area contributed by atoms with Crippen molar-refractivity contribution < 1.29 is 14.3 Å². The van der Waals surface area contributed by atoms with Crippen molar-refractivity contribution in [2.75, 3.05) is 5.32 Å². The summed E-state index contributed by atoms with van der Waals surface area (Å²) in [5.74, 6) is -0.125. The van der Waals surface area contributed by atoms with E-state index in [9.17, 15) is 9.59 Å². The average molecular weight is 353 g/mol. The number of esters is 1. The quantitative estimate of drug-likeness (QED) is 0.831. The third kappa shape index (κ3) is 1.71. The van der Waals surface area contributed by atoms with E-state index in [0.29, 0.717) is 18.7 Å². The summed E-state index contributed by atoms with van der Waals surface area (Å²) in [6.07, 6.45) is 2.82. The number of carbonyl (C=O) groups is 2. The van der Waals surface area contributed by atoms with Gasteiger partial charge in [-0.1, -0.05) is 13.8 Å². The molecule has 21 heavy (non-hydrogen) atoms. The summed E-state index contributed by atoms with van der Waals surface area (Å²) in [4.78, 5) is 29.0. The van der Waals surface area contributed by atoms with Crippen LogP contribution >= 0.6 is 15.9 Å². The van der Waals surface area contributed by atoms with Crippen molar-refractivity contribution in [2.45, 2.75) is 39.2 Å². The molecule has 0 radical (unpaired) electrons. The van der Waals surface area contributed by atoms with Crippen LogP contribution in [0.3, 0.4) is 0 Å².